The van der Waals surface area contributed by atoms with Gasteiger partial charge in [0.2, 0.25) is 5.91 Å². The van der Waals surface area contributed by atoms with E-state index in [2.05, 4.69) is 0 Å². The predicted molar refractivity (Wildman–Crippen MR) is 58.0 cm³/mol. The second-order valence-electron chi connectivity index (χ2n) is 3.94. The van der Waals surface area contributed by atoms with E-state index in [-0.39, 0.29) is 11.5 Å². The summed E-state index contributed by atoms with van der Waals surface area (Å²) in [6.45, 7) is 0. The van der Waals surface area contributed by atoms with Crippen molar-refractivity contribution < 1.29 is 4.79 Å². The quantitative estimate of drug-likeness (QED) is 0.626. The molecule has 2 rings (SSSR count). The summed E-state index contributed by atoms with van der Waals surface area (Å²) in [6, 6.07) is 1.63. The van der Waals surface area contributed by atoms with Crippen LogP contribution in [0.25, 0.3) is 0 Å². The highest BCUT2D eigenvalue weighted by Gasteiger charge is 2.19. The summed E-state index contributed by atoms with van der Waals surface area (Å²) in [5.41, 5.74) is 1.82. The standard InChI is InChI=1S/C11H14N2O2/c1-12-7-9-8(6-11(12)15)4-3-5-10(14)13(9)2/h6-7H,3-5H2,1-2H3. The monoisotopic (exact) mass is 206 g/mol. The highest BCUT2D eigenvalue weighted by atomic mass is 16.2. The van der Waals surface area contributed by atoms with Gasteiger partial charge in [-0.3, -0.25) is 9.59 Å². The van der Waals surface area contributed by atoms with Crippen molar-refractivity contribution in [1.82, 2.24) is 4.57 Å². The van der Waals surface area contributed by atoms with Gasteiger partial charge < -0.3 is 9.47 Å². The number of pyridine rings is 1. The molecule has 1 aliphatic heterocycles. The molecule has 0 aliphatic carbocycles. The number of amides is 1. The van der Waals surface area contributed by atoms with Crippen molar-refractivity contribution in [3.63, 3.8) is 0 Å². The third kappa shape index (κ3) is 1.67. The van der Waals surface area contributed by atoms with E-state index in [1.807, 2.05) is 0 Å². The molecule has 0 bridgehead atoms. The number of aryl methyl sites for hydroxylation is 2. The molecule has 4 nitrogen and oxygen atoms in total. The SMILES string of the molecule is CN1C(=O)CCCc2cc(=O)n(C)cc21. The molecule has 2 heterocycles. The Morgan fingerprint density at radius 1 is 1.20 bits per heavy atom. The minimum Gasteiger partial charge on any atom is -0.316 e. The highest BCUT2D eigenvalue weighted by molar-refractivity contribution is 5.94. The summed E-state index contributed by atoms with van der Waals surface area (Å²) in [5, 5.41) is 0. The summed E-state index contributed by atoms with van der Waals surface area (Å²) < 4.78 is 1.51. The highest BCUT2D eigenvalue weighted by Crippen LogP contribution is 2.23. The van der Waals surface area contributed by atoms with Crippen LogP contribution in [0.2, 0.25) is 0 Å². The van der Waals surface area contributed by atoms with Crippen LogP contribution in [-0.4, -0.2) is 17.5 Å². The lowest BCUT2D eigenvalue weighted by Gasteiger charge is -2.17. The average Bonchev–Trinajstić information content (AvgIpc) is 2.32. The van der Waals surface area contributed by atoms with Crippen LogP contribution in [0.15, 0.2) is 17.1 Å². The number of fused-ring (bicyclic) bond motifs is 1. The first-order chi connectivity index (χ1) is 7.09. The van der Waals surface area contributed by atoms with Gasteiger partial charge in [0.15, 0.2) is 0 Å². The number of nitrogens with zero attached hydrogens (tertiary/aromatic N) is 2. The fourth-order valence-corrected chi connectivity index (χ4v) is 1.89. The third-order valence-corrected chi connectivity index (χ3v) is 2.86. The molecule has 0 fully saturated rings. The van der Waals surface area contributed by atoms with Crippen molar-refractivity contribution in [3.8, 4) is 0 Å². The molecule has 1 amide bonds. The Bertz CT molecular complexity index is 462. The maximum Gasteiger partial charge on any atom is 0.250 e. The van der Waals surface area contributed by atoms with Gasteiger partial charge in [-0.25, -0.2) is 0 Å². The lowest BCUT2D eigenvalue weighted by atomic mass is 10.1. The molecule has 0 atom stereocenters. The topological polar surface area (TPSA) is 42.3 Å². The Balaban J connectivity index is 2.59. The smallest absolute Gasteiger partial charge is 0.250 e. The minimum atomic E-state index is -0.0171. The van der Waals surface area contributed by atoms with Crippen molar-refractivity contribution in [3.05, 3.63) is 28.2 Å². The Morgan fingerprint density at radius 3 is 2.67 bits per heavy atom. The van der Waals surface area contributed by atoms with Crippen molar-refractivity contribution >= 4 is 11.6 Å². The Labute approximate surface area is 88.1 Å². The van der Waals surface area contributed by atoms with Gasteiger partial charge in [-0.2, -0.15) is 0 Å². The summed E-state index contributed by atoms with van der Waals surface area (Å²) in [5.74, 6) is 0.118. The van der Waals surface area contributed by atoms with Crippen molar-refractivity contribution in [2.75, 3.05) is 11.9 Å². The number of hydrogen-bond donors (Lipinski definition) is 0. The molecular formula is C11H14N2O2. The van der Waals surface area contributed by atoms with E-state index in [1.165, 1.54) is 4.57 Å². The average molecular weight is 206 g/mol. The van der Waals surface area contributed by atoms with E-state index in [4.69, 9.17) is 0 Å². The van der Waals surface area contributed by atoms with Gasteiger partial charge in [-0.1, -0.05) is 0 Å². The molecular weight excluding hydrogens is 192 g/mol. The second-order valence-corrected chi connectivity index (χ2v) is 3.94. The Hall–Kier alpha value is -1.58. The van der Waals surface area contributed by atoms with Crippen LogP contribution in [0.5, 0.6) is 0 Å². The molecule has 15 heavy (non-hydrogen) atoms. The van der Waals surface area contributed by atoms with Gasteiger partial charge in [0.05, 0.1) is 5.69 Å². The maximum absolute atomic E-state index is 11.6. The molecule has 0 saturated carbocycles. The predicted octanol–water partition coefficient (Wildman–Crippen LogP) is 0.684. The number of hydrogen-bond acceptors (Lipinski definition) is 2. The molecule has 0 spiro atoms. The summed E-state index contributed by atoms with van der Waals surface area (Å²) >= 11 is 0. The van der Waals surface area contributed by atoms with Crippen LogP contribution in [0.3, 0.4) is 0 Å². The molecule has 80 valence electrons. The molecule has 0 N–H and O–H groups in total. The van der Waals surface area contributed by atoms with Crippen LogP contribution >= 0.6 is 0 Å². The molecule has 1 aromatic heterocycles. The lowest BCUT2D eigenvalue weighted by molar-refractivity contribution is -0.118. The van der Waals surface area contributed by atoms with Crippen LogP contribution in [0.1, 0.15) is 18.4 Å². The van der Waals surface area contributed by atoms with E-state index in [0.29, 0.717) is 6.42 Å². The molecule has 0 unspecified atom stereocenters. The summed E-state index contributed by atoms with van der Waals surface area (Å²) in [7, 11) is 3.46. The summed E-state index contributed by atoms with van der Waals surface area (Å²) in [6.07, 6.45) is 3.93. The zero-order valence-electron chi connectivity index (χ0n) is 8.99. The number of carbonyl (C=O) groups excluding carboxylic acids is 1. The van der Waals surface area contributed by atoms with E-state index in [1.54, 1.807) is 31.3 Å². The van der Waals surface area contributed by atoms with E-state index >= 15 is 0 Å². The normalized spacial score (nSPS) is 16.1. The Morgan fingerprint density at radius 2 is 1.93 bits per heavy atom. The van der Waals surface area contributed by atoms with Crippen LogP contribution in [0, 0.1) is 0 Å². The van der Waals surface area contributed by atoms with Crippen molar-refractivity contribution in [2.24, 2.45) is 7.05 Å². The summed E-state index contributed by atoms with van der Waals surface area (Å²) in [4.78, 5) is 24.7. The van der Waals surface area contributed by atoms with Crippen molar-refractivity contribution in [1.29, 1.82) is 0 Å². The molecule has 1 aromatic rings. The zero-order chi connectivity index (χ0) is 11.0. The largest absolute Gasteiger partial charge is 0.316 e. The maximum atomic E-state index is 11.6. The van der Waals surface area contributed by atoms with Gasteiger partial charge >= 0.3 is 0 Å². The van der Waals surface area contributed by atoms with Gasteiger partial charge in [0.1, 0.15) is 0 Å². The zero-order valence-corrected chi connectivity index (χ0v) is 8.99. The second kappa shape index (κ2) is 3.53. The van der Waals surface area contributed by atoms with Crippen LogP contribution in [-0.2, 0) is 18.3 Å². The first kappa shape index (κ1) is 9.96. The van der Waals surface area contributed by atoms with Gasteiger partial charge in [0, 0.05) is 32.8 Å². The third-order valence-electron chi connectivity index (χ3n) is 2.86. The van der Waals surface area contributed by atoms with Crippen LogP contribution < -0.4 is 10.5 Å². The fraction of sp³-hybridized carbons (Fsp3) is 0.455. The molecule has 1 aliphatic rings. The van der Waals surface area contributed by atoms with E-state index < -0.39 is 0 Å². The van der Waals surface area contributed by atoms with Crippen LogP contribution in [0.4, 0.5) is 5.69 Å². The molecule has 0 saturated heterocycles. The molecule has 0 aromatic carbocycles. The van der Waals surface area contributed by atoms with E-state index in [0.717, 1.165) is 24.1 Å². The van der Waals surface area contributed by atoms with Gasteiger partial charge in [-0.15, -0.1) is 0 Å². The van der Waals surface area contributed by atoms with Crippen molar-refractivity contribution in [2.45, 2.75) is 19.3 Å². The minimum absolute atomic E-state index is 0.0171. The van der Waals surface area contributed by atoms with E-state index in [9.17, 15) is 9.59 Å². The van der Waals surface area contributed by atoms with Gasteiger partial charge in [0.25, 0.3) is 5.56 Å². The molecule has 0 radical (unpaired) electrons. The number of carbonyl (C=O) groups is 1. The first-order valence-corrected chi connectivity index (χ1v) is 5.05. The first-order valence-electron chi connectivity index (χ1n) is 5.05. The fourth-order valence-electron chi connectivity index (χ4n) is 1.89. The number of rotatable bonds is 0. The lowest BCUT2D eigenvalue weighted by Crippen LogP contribution is -2.27. The molecule has 4 heteroatoms. The Kier molecular flexibility index (Phi) is 2.34. The van der Waals surface area contributed by atoms with Gasteiger partial charge in [-0.05, 0) is 18.4 Å². The number of anilines is 1. The number of aromatic nitrogens is 1.